The van der Waals surface area contributed by atoms with Gasteiger partial charge >= 0.3 is 0 Å². The Labute approximate surface area is 125 Å². The number of nitrogens with zero attached hydrogens (tertiary/aromatic N) is 4. The van der Waals surface area contributed by atoms with E-state index in [1.54, 1.807) is 0 Å². The van der Waals surface area contributed by atoms with E-state index < -0.39 is 0 Å². The number of hydrogen-bond acceptors (Lipinski definition) is 8. The van der Waals surface area contributed by atoms with Gasteiger partial charge in [-0.25, -0.2) is 0 Å². The number of rotatable bonds is 6. The zero-order valence-electron chi connectivity index (χ0n) is 10.6. The maximum atomic E-state index is 5.69. The summed E-state index contributed by atoms with van der Waals surface area (Å²) in [6, 6.07) is 0. The SMILES string of the molecule is CSc1nc(NCCN2CCOCC2)nc(SCl)n1. The van der Waals surface area contributed by atoms with Crippen molar-refractivity contribution in [1.82, 2.24) is 19.9 Å². The van der Waals surface area contributed by atoms with Gasteiger partial charge in [-0.2, -0.15) is 15.0 Å². The number of halogens is 1. The third-order valence-corrected chi connectivity index (χ3v) is 3.94. The molecule has 19 heavy (non-hydrogen) atoms. The highest BCUT2D eigenvalue weighted by Crippen LogP contribution is 2.21. The number of morpholine rings is 1. The largest absolute Gasteiger partial charge is 0.379 e. The molecule has 0 amide bonds. The molecule has 1 N–H and O–H groups in total. The summed E-state index contributed by atoms with van der Waals surface area (Å²) in [5, 5.41) is 4.41. The summed E-state index contributed by atoms with van der Waals surface area (Å²) in [7, 11) is 6.69. The minimum absolute atomic E-state index is 0.523. The monoisotopic (exact) mass is 321 g/mol. The highest BCUT2D eigenvalue weighted by atomic mass is 35.7. The molecule has 2 heterocycles. The van der Waals surface area contributed by atoms with Crippen LogP contribution in [0.4, 0.5) is 5.95 Å². The van der Waals surface area contributed by atoms with E-state index >= 15 is 0 Å². The normalized spacial score (nSPS) is 16.5. The molecule has 0 aromatic carbocycles. The number of nitrogens with one attached hydrogen (secondary N) is 1. The molecule has 6 nitrogen and oxygen atoms in total. The highest BCUT2D eigenvalue weighted by Gasteiger charge is 2.10. The van der Waals surface area contributed by atoms with Gasteiger partial charge in [0.15, 0.2) is 5.16 Å². The molecule has 0 saturated carbocycles. The number of thioether (sulfide) groups is 1. The van der Waals surface area contributed by atoms with Crippen LogP contribution >= 0.6 is 33.4 Å². The lowest BCUT2D eigenvalue weighted by Crippen LogP contribution is -2.39. The number of ether oxygens (including phenoxy) is 1. The first-order valence-electron chi connectivity index (χ1n) is 5.94. The van der Waals surface area contributed by atoms with Crippen LogP contribution in [0.3, 0.4) is 0 Å². The molecule has 0 atom stereocenters. The Bertz CT molecular complexity index is 383. The van der Waals surface area contributed by atoms with Crippen molar-refractivity contribution in [3.05, 3.63) is 0 Å². The summed E-state index contributed by atoms with van der Waals surface area (Å²) in [4.78, 5) is 15.0. The van der Waals surface area contributed by atoms with Crippen LogP contribution in [-0.4, -0.2) is 65.5 Å². The fourth-order valence-corrected chi connectivity index (χ4v) is 2.56. The summed E-state index contributed by atoms with van der Waals surface area (Å²) in [6.07, 6.45) is 1.93. The molecule has 106 valence electrons. The Morgan fingerprint density at radius 2 is 2.00 bits per heavy atom. The van der Waals surface area contributed by atoms with Gasteiger partial charge in [0.25, 0.3) is 0 Å². The van der Waals surface area contributed by atoms with Gasteiger partial charge in [-0.05, 0) is 16.9 Å². The van der Waals surface area contributed by atoms with Crippen molar-refractivity contribution in [2.75, 3.05) is 51.0 Å². The van der Waals surface area contributed by atoms with Gasteiger partial charge < -0.3 is 10.1 Å². The second-order valence-corrected chi connectivity index (χ2v) is 5.64. The Balaban J connectivity index is 1.84. The fourth-order valence-electron chi connectivity index (χ4n) is 1.69. The smallest absolute Gasteiger partial charge is 0.227 e. The molecule has 1 aromatic heterocycles. The van der Waals surface area contributed by atoms with E-state index in [-0.39, 0.29) is 0 Å². The van der Waals surface area contributed by atoms with Crippen LogP contribution in [0, 0.1) is 0 Å². The van der Waals surface area contributed by atoms with Gasteiger partial charge in [-0.3, -0.25) is 4.90 Å². The maximum Gasteiger partial charge on any atom is 0.227 e. The van der Waals surface area contributed by atoms with Gasteiger partial charge in [0.2, 0.25) is 11.1 Å². The van der Waals surface area contributed by atoms with E-state index in [4.69, 9.17) is 15.4 Å². The second kappa shape index (κ2) is 8.11. The van der Waals surface area contributed by atoms with Crippen molar-refractivity contribution < 1.29 is 4.74 Å². The highest BCUT2D eigenvalue weighted by molar-refractivity contribution is 8.21. The fraction of sp³-hybridized carbons (Fsp3) is 0.700. The van der Waals surface area contributed by atoms with E-state index in [2.05, 4.69) is 25.2 Å². The molecule has 0 radical (unpaired) electrons. The number of aromatic nitrogens is 3. The van der Waals surface area contributed by atoms with Crippen LogP contribution in [-0.2, 0) is 4.74 Å². The third kappa shape index (κ3) is 4.96. The predicted octanol–water partition coefficient (Wildman–Crippen LogP) is 1.58. The molecule has 1 aliphatic rings. The molecule has 1 aliphatic heterocycles. The summed E-state index contributed by atoms with van der Waals surface area (Å²) in [5.74, 6) is 0.579. The van der Waals surface area contributed by atoms with Crippen LogP contribution in [0.15, 0.2) is 10.3 Å². The Morgan fingerprint density at radius 1 is 1.26 bits per heavy atom. The number of anilines is 1. The van der Waals surface area contributed by atoms with Crippen LogP contribution < -0.4 is 5.32 Å². The third-order valence-electron chi connectivity index (χ3n) is 2.66. The van der Waals surface area contributed by atoms with Crippen molar-refractivity contribution in [1.29, 1.82) is 0 Å². The van der Waals surface area contributed by atoms with Gasteiger partial charge in [-0.15, -0.1) is 0 Å². The quantitative estimate of drug-likeness (QED) is 0.792. The summed E-state index contributed by atoms with van der Waals surface area (Å²) in [6.45, 7) is 5.34. The molecule has 1 saturated heterocycles. The van der Waals surface area contributed by atoms with Gasteiger partial charge in [0, 0.05) is 37.2 Å². The molecule has 1 aromatic rings. The van der Waals surface area contributed by atoms with Gasteiger partial charge in [0.05, 0.1) is 13.2 Å². The van der Waals surface area contributed by atoms with E-state index in [1.807, 2.05) is 6.26 Å². The molecule has 0 unspecified atom stereocenters. The minimum atomic E-state index is 0.523. The zero-order valence-corrected chi connectivity index (χ0v) is 13.0. The van der Waals surface area contributed by atoms with Crippen LogP contribution in [0.1, 0.15) is 0 Å². The van der Waals surface area contributed by atoms with Crippen molar-refractivity contribution in [3.63, 3.8) is 0 Å². The summed E-state index contributed by atoms with van der Waals surface area (Å²) in [5.41, 5.74) is 0. The van der Waals surface area contributed by atoms with E-state index in [0.29, 0.717) is 16.3 Å². The molecule has 9 heteroatoms. The minimum Gasteiger partial charge on any atom is -0.379 e. The first-order valence-corrected chi connectivity index (χ1v) is 8.81. The first-order chi connectivity index (χ1) is 9.31. The Morgan fingerprint density at radius 3 is 2.68 bits per heavy atom. The van der Waals surface area contributed by atoms with Crippen LogP contribution in [0.2, 0.25) is 0 Å². The van der Waals surface area contributed by atoms with Gasteiger partial charge in [0.1, 0.15) is 0 Å². The lowest BCUT2D eigenvalue weighted by Gasteiger charge is -2.26. The van der Waals surface area contributed by atoms with Gasteiger partial charge in [-0.1, -0.05) is 11.8 Å². The molecular weight excluding hydrogens is 306 g/mol. The first kappa shape index (κ1) is 15.1. The summed E-state index contributed by atoms with van der Waals surface area (Å²) >= 11 is 1.47. The molecule has 0 bridgehead atoms. The Hall–Kier alpha value is -0.280. The summed E-state index contributed by atoms with van der Waals surface area (Å²) < 4.78 is 5.31. The van der Waals surface area contributed by atoms with E-state index in [0.717, 1.165) is 50.4 Å². The van der Waals surface area contributed by atoms with Crippen molar-refractivity contribution >= 4 is 39.4 Å². The van der Waals surface area contributed by atoms with Crippen LogP contribution in [0.25, 0.3) is 0 Å². The molecular formula is C10H16ClN5OS2. The van der Waals surface area contributed by atoms with Crippen molar-refractivity contribution in [2.24, 2.45) is 0 Å². The van der Waals surface area contributed by atoms with Crippen molar-refractivity contribution in [2.45, 2.75) is 10.3 Å². The van der Waals surface area contributed by atoms with E-state index in [1.165, 1.54) is 11.8 Å². The zero-order chi connectivity index (χ0) is 13.5. The average molecular weight is 322 g/mol. The topological polar surface area (TPSA) is 63.2 Å². The van der Waals surface area contributed by atoms with Crippen molar-refractivity contribution in [3.8, 4) is 0 Å². The lowest BCUT2D eigenvalue weighted by atomic mass is 10.4. The van der Waals surface area contributed by atoms with Crippen LogP contribution in [0.5, 0.6) is 0 Å². The molecule has 0 aliphatic carbocycles. The predicted molar refractivity (Wildman–Crippen MR) is 79.1 cm³/mol. The Kier molecular flexibility index (Phi) is 6.45. The number of hydrogen-bond donors (Lipinski definition) is 1. The maximum absolute atomic E-state index is 5.69. The standard InChI is InChI=1S/C10H16ClN5OS2/c1-18-9-13-8(14-10(15-9)19-11)12-2-3-16-4-6-17-7-5-16/h2-7H2,1H3,(H,12,13,14,15). The average Bonchev–Trinajstić information content (AvgIpc) is 2.48. The molecule has 1 fully saturated rings. The lowest BCUT2D eigenvalue weighted by molar-refractivity contribution is 0.0398. The molecule has 0 spiro atoms. The second-order valence-electron chi connectivity index (χ2n) is 3.89. The van der Waals surface area contributed by atoms with E-state index in [9.17, 15) is 0 Å². The molecule has 2 rings (SSSR count).